The van der Waals surface area contributed by atoms with Crippen molar-refractivity contribution >= 4 is 25.4 Å². The van der Waals surface area contributed by atoms with Gasteiger partial charge in [-0.25, -0.2) is 0 Å². The average Bonchev–Trinajstić information content (AvgIpc) is 2.51. The molecule has 0 aliphatic rings. The molecule has 0 saturated heterocycles. The number of carboxylic acid groups (broad SMARTS) is 1. The normalized spacial score (nSPS) is 9.46. The van der Waals surface area contributed by atoms with Gasteiger partial charge in [-0.15, -0.1) is 0 Å². The fourth-order valence-corrected chi connectivity index (χ4v) is 2.65. The molecule has 1 N–H and O–H groups in total. The van der Waals surface area contributed by atoms with Gasteiger partial charge in [0.2, 0.25) is 0 Å². The van der Waals surface area contributed by atoms with Crippen LogP contribution in [0.25, 0.3) is 0 Å². The first kappa shape index (κ1) is 30.0. The summed E-state index contributed by atoms with van der Waals surface area (Å²) in [6.07, 6.45) is 20.2. The maximum Gasteiger partial charge on any atom is 0 e. The fourth-order valence-electron chi connectivity index (χ4n) is 2.65. The maximum atomic E-state index is 10.3. The van der Waals surface area contributed by atoms with Gasteiger partial charge in [-0.2, -0.15) is 0 Å². The van der Waals surface area contributed by atoms with E-state index in [9.17, 15) is 4.79 Å². The van der Waals surface area contributed by atoms with Crippen LogP contribution >= 0.6 is 19.4 Å². The predicted molar refractivity (Wildman–Crippen MR) is 98.9 cm³/mol. The Morgan fingerprint density at radius 3 is 1.21 bits per heavy atom. The van der Waals surface area contributed by atoms with Crippen molar-refractivity contribution in [1.82, 2.24) is 0 Å². The molecule has 0 rings (SSSR count). The minimum Gasteiger partial charge on any atom is 0 e. The fraction of sp³-hybridized carbons (Fsp3) is 0.944. The van der Waals surface area contributed by atoms with Crippen LogP contribution < -0.4 is 0 Å². The van der Waals surface area contributed by atoms with E-state index in [0.29, 0.717) is 6.42 Å². The molecule has 6 heteroatoms. The van der Waals surface area contributed by atoms with E-state index in [1.54, 1.807) is 0 Å². The van der Waals surface area contributed by atoms with Crippen LogP contribution in [0.4, 0.5) is 0 Å². The van der Waals surface area contributed by atoms with Gasteiger partial charge in [0.1, 0.15) is 0 Å². The number of unbranched alkanes of at least 4 members (excludes halogenated alkanes) is 14. The molecule has 0 spiro atoms. The Morgan fingerprint density at radius 2 is 0.958 bits per heavy atom. The monoisotopic (exact) mass is 482 g/mol. The topological polar surface area (TPSA) is 37.3 Å². The van der Waals surface area contributed by atoms with Gasteiger partial charge in [-0.1, -0.05) is 96.8 Å². The number of halogens is 2. The average molecular weight is 486 g/mol. The van der Waals surface area contributed by atoms with E-state index in [0.717, 1.165) is 12.8 Å². The summed E-state index contributed by atoms with van der Waals surface area (Å²) in [4.78, 5) is 10.3. The molecule has 0 fully saturated rings. The standard InChI is InChI=1S/C18H36O2.2ClH.2Zn/c1-2-3-4-5-6-7-8-9-10-11-12-13-14-15-16-17-18(19)20;;;;/h2-17H2,1H3,(H,19,20);2*1H;;/q;;;;+2/p-2. The molecule has 0 aliphatic carbocycles. The number of hydrogen-bond acceptors (Lipinski definition) is 1. The predicted octanol–water partition coefficient (Wildman–Crippen LogP) is 7.71. The van der Waals surface area contributed by atoms with Crippen molar-refractivity contribution in [2.24, 2.45) is 0 Å². The molecule has 0 atom stereocenters. The third-order valence-corrected chi connectivity index (χ3v) is 3.99. The Labute approximate surface area is 178 Å². The van der Waals surface area contributed by atoms with Gasteiger partial charge < -0.3 is 5.11 Å². The summed E-state index contributed by atoms with van der Waals surface area (Å²) in [5.41, 5.74) is 0. The molecule has 0 saturated carbocycles. The number of rotatable bonds is 16. The minimum absolute atomic E-state index is 0. The molecule has 0 aliphatic heterocycles. The summed E-state index contributed by atoms with van der Waals surface area (Å²) in [5, 5.41) is 8.52. The van der Waals surface area contributed by atoms with Gasteiger partial charge in [0, 0.05) is 25.9 Å². The van der Waals surface area contributed by atoms with Crippen LogP contribution in [0.3, 0.4) is 0 Å². The zero-order chi connectivity index (χ0) is 17.6. The van der Waals surface area contributed by atoms with Crippen molar-refractivity contribution in [3.8, 4) is 0 Å². The molecule has 2 nitrogen and oxygen atoms in total. The molecule has 0 heterocycles. The largest absolute Gasteiger partial charge is 0 e. The summed E-state index contributed by atoms with van der Waals surface area (Å²) in [5.74, 6) is -0.653. The van der Waals surface area contributed by atoms with E-state index < -0.39 is 21.1 Å². The second-order valence-corrected chi connectivity index (χ2v) is 10.8. The van der Waals surface area contributed by atoms with Gasteiger partial charge in [0.05, 0.1) is 0 Å². The van der Waals surface area contributed by atoms with E-state index in [2.05, 4.69) is 6.92 Å². The van der Waals surface area contributed by atoms with Crippen molar-refractivity contribution in [2.45, 2.75) is 110 Å². The van der Waals surface area contributed by atoms with Gasteiger partial charge in [-0.05, 0) is 6.42 Å². The Balaban J connectivity index is -0.00000102. The molecule has 0 unspecified atom stereocenters. The quantitative estimate of drug-likeness (QED) is 0.179. The van der Waals surface area contributed by atoms with E-state index >= 15 is 0 Å². The summed E-state index contributed by atoms with van der Waals surface area (Å²) in [6.45, 7) is 2.27. The molecule has 0 aromatic rings. The summed E-state index contributed by atoms with van der Waals surface area (Å²) in [7, 11) is 9.90. The van der Waals surface area contributed by atoms with Crippen LogP contribution in [0.15, 0.2) is 0 Å². The second kappa shape index (κ2) is 29.1. The van der Waals surface area contributed by atoms with Crippen molar-refractivity contribution < 1.29 is 44.5 Å². The zero-order valence-electron chi connectivity index (χ0n) is 15.8. The molecule has 0 aromatic heterocycles. The SMILES string of the molecule is CCCCCCCCCCCCCCCCCC(=O)O.[Cl][Zn][Cl].[Zn]. The van der Waals surface area contributed by atoms with E-state index in [1.165, 1.54) is 83.5 Å². The Hall–Kier alpha value is 1.30. The molecule has 24 heavy (non-hydrogen) atoms. The van der Waals surface area contributed by atoms with Gasteiger partial charge in [0.15, 0.2) is 0 Å². The summed E-state index contributed by atoms with van der Waals surface area (Å²) in [6, 6.07) is 0. The number of carboxylic acids is 1. The first-order valence-electron chi connectivity index (χ1n) is 9.52. The Kier molecular flexibility index (Phi) is 36.4. The summed E-state index contributed by atoms with van der Waals surface area (Å²) < 4.78 is 0. The van der Waals surface area contributed by atoms with Crippen molar-refractivity contribution in [2.75, 3.05) is 0 Å². The van der Waals surface area contributed by atoms with E-state index in [1.807, 2.05) is 0 Å². The Bertz CT molecular complexity index is 233. The maximum absolute atomic E-state index is 10.3. The van der Waals surface area contributed by atoms with Crippen LogP contribution in [0, 0.1) is 0 Å². The molecular weight excluding hydrogens is 450 g/mol. The molecule has 0 bridgehead atoms. The van der Waals surface area contributed by atoms with Gasteiger partial charge in [-0.3, -0.25) is 4.79 Å². The third-order valence-electron chi connectivity index (χ3n) is 3.99. The Morgan fingerprint density at radius 1 is 0.708 bits per heavy atom. The van der Waals surface area contributed by atoms with Crippen LogP contribution in [-0.4, -0.2) is 11.1 Å². The third kappa shape index (κ3) is 34.6. The number of hydrogen-bond donors (Lipinski definition) is 1. The van der Waals surface area contributed by atoms with Crippen LogP contribution in [0.1, 0.15) is 110 Å². The second-order valence-electron chi connectivity index (χ2n) is 6.19. The van der Waals surface area contributed by atoms with Gasteiger partial charge in [0.25, 0.3) is 0 Å². The molecule has 0 radical (unpaired) electrons. The number of carbonyl (C=O) groups is 1. The van der Waals surface area contributed by atoms with Crippen molar-refractivity contribution in [1.29, 1.82) is 0 Å². The smallest absolute Gasteiger partial charge is 0 e. The minimum atomic E-state index is -0.931. The van der Waals surface area contributed by atoms with Crippen molar-refractivity contribution in [3.63, 3.8) is 0 Å². The first-order valence-corrected chi connectivity index (χ1v) is 17.3. The van der Waals surface area contributed by atoms with E-state index in [4.69, 9.17) is 24.5 Å². The van der Waals surface area contributed by atoms with E-state index in [-0.39, 0.29) is 19.5 Å². The summed E-state index contributed by atoms with van der Waals surface area (Å²) >= 11 is -0.931. The molecule has 138 valence electrons. The van der Waals surface area contributed by atoms with Gasteiger partial charge >= 0.3 is 40.5 Å². The molecule has 0 aromatic carbocycles. The van der Waals surface area contributed by atoms with Crippen LogP contribution in [0.5, 0.6) is 0 Å². The van der Waals surface area contributed by atoms with Crippen LogP contribution in [-0.2, 0) is 39.4 Å². The van der Waals surface area contributed by atoms with Crippen LogP contribution in [0.2, 0.25) is 0 Å². The first-order chi connectivity index (χ1) is 11.2. The molecular formula is C18H36Cl2O2Zn2. The molecule has 0 amide bonds. The van der Waals surface area contributed by atoms with Crippen molar-refractivity contribution in [3.05, 3.63) is 0 Å². The number of aliphatic carboxylic acids is 1. The zero-order valence-corrected chi connectivity index (χ0v) is 23.3.